The zero-order chi connectivity index (χ0) is 15.7. The molecule has 114 valence electrons. The number of allylic oxidation sites excluding steroid dienone is 2. The van der Waals surface area contributed by atoms with Crippen molar-refractivity contribution < 1.29 is 28.0 Å². The number of rotatable bonds is 3. The van der Waals surface area contributed by atoms with Crippen LogP contribution in [0.1, 0.15) is 18.1 Å². The van der Waals surface area contributed by atoms with E-state index in [9.17, 15) is 14.0 Å². The molecule has 1 unspecified atom stereocenters. The van der Waals surface area contributed by atoms with Crippen molar-refractivity contribution in [1.82, 2.24) is 0 Å². The molecule has 0 bridgehead atoms. The zero-order valence-electron chi connectivity index (χ0n) is 11.7. The summed E-state index contributed by atoms with van der Waals surface area (Å²) in [6, 6.07) is 16.7. The van der Waals surface area contributed by atoms with Crippen molar-refractivity contribution >= 4 is 21.2 Å². The largest absolute Gasteiger partial charge is 0.182 e. The van der Waals surface area contributed by atoms with Crippen LogP contribution in [0, 0.1) is 10.2 Å². The van der Waals surface area contributed by atoms with Gasteiger partial charge in [0.2, 0.25) is 0 Å². The quantitative estimate of drug-likeness (QED) is 0.776. The van der Waals surface area contributed by atoms with E-state index in [1.54, 1.807) is 12.1 Å². The van der Waals surface area contributed by atoms with Gasteiger partial charge in [0.25, 0.3) is 0 Å². The van der Waals surface area contributed by atoms with Gasteiger partial charge in [0.05, 0.1) is 20.0 Å². The average Bonchev–Trinajstić information content (AvgIpc) is 2.50. The van der Waals surface area contributed by atoms with Gasteiger partial charge in [-0.1, -0.05) is 48.5 Å². The smallest absolute Gasteiger partial charge is 0.148 e. The Balaban J connectivity index is 2.25. The minimum atomic E-state index is -4.52. The van der Waals surface area contributed by atoms with Crippen LogP contribution < -0.4 is 14.0 Å². The van der Waals surface area contributed by atoms with Crippen LogP contribution in [0.25, 0.3) is 5.57 Å². The van der Waals surface area contributed by atoms with E-state index in [0.717, 1.165) is 16.7 Å². The molecule has 0 saturated carbocycles. The Kier molecular flexibility index (Phi) is 4.18. The van der Waals surface area contributed by atoms with Crippen molar-refractivity contribution in [2.45, 2.75) is 11.8 Å². The average molecular weight is 337 g/mol. The van der Waals surface area contributed by atoms with Crippen LogP contribution in [-0.4, -0.2) is 4.86 Å². The first-order chi connectivity index (χ1) is 10.5. The predicted molar refractivity (Wildman–Crippen MR) is 77.6 cm³/mol. The molecule has 2 aromatic carbocycles. The summed E-state index contributed by atoms with van der Waals surface area (Å²) in [5.74, 6) is 0. The zero-order valence-corrected chi connectivity index (χ0v) is 13.3. The molecule has 0 spiro atoms. The van der Waals surface area contributed by atoms with Gasteiger partial charge in [-0.05, 0) is 35.8 Å². The van der Waals surface area contributed by atoms with Crippen LogP contribution >= 0.6 is 10.8 Å². The maximum absolute atomic E-state index is 11.1. The predicted octanol–water partition coefficient (Wildman–Crippen LogP) is 0.781. The molecule has 1 aliphatic heterocycles. The summed E-state index contributed by atoms with van der Waals surface area (Å²) >= 11 is 0. The van der Waals surface area contributed by atoms with E-state index < -0.39 is 21.0 Å². The first-order valence-corrected chi connectivity index (χ1v) is 8.89. The highest BCUT2D eigenvalue weighted by Crippen LogP contribution is 2.42. The van der Waals surface area contributed by atoms with E-state index in [0.29, 0.717) is 9.76 Å². The number of halogens is 1. The molecule has 0 saturated heterocycles. The molecule has 0 aromatic heterocycles. The standard InChI is InChI=1S/C16H13ClO4S/c1-12-11-16(13-7-3-2-4-8-13)22(21-17(18,19)20)15-10-6-5-9-14(12)15/h2-11H,1H3. The normalized spacial score (nSPS) is 17.9. The SMILES string of the molecule is CC1=CC(c2ccccc2)=S(O[Cl+3]([O-])([O-])[O-])c2ccccc21. The molecule has 1 atom stereocenters. The van der Waals surface area contributed by atoms with Crippen LogP contribution in [0.4, 0.5) is 0 Å². The van der Waals surface area contributed by atoms with E-state index >= 15 is 0 Å². The van der Waals surface area contributed by atoms with Crippen LogP contribution in [-0.2, 0) is 3.74 Å². The molecule has 0 amide bonds. The highest BCUT2D eigenvalue weighted by atomic mass is 35.7. The Bertz CT molecular complexity index is 763. The maximum Gasteiger partial charge on any atom is 0.148 e. The second kappa shape index (κ2) is 5.96. The van der Waals surface area contributed by atoms with Crippen LogP contribution in [0.3, 0.4) is 0 Å². The molecular weight excluding hydrogens is 324 g/mol. The molecule has 22 heavy (non-hydrogen) atoms. The topological polar surface area (TPSA) is 78.4 Å². The number of hydrogen-bond donors (Lipinski definition) is 0. The second-order valence-corrected chi connectivity index (χ2v) is 7.44. The summed E-state index contributed by atoms with van der Waals surface area (Å²) in [4.78, 5) is 1.39. The Labute approximate surface area is 133 Å². The van der Waals surface area contributed by atoms with Crippen molar-refractivity contribution in [2.24, 2.45) is 0 Å². The number of hydrogen-bond acceptors (Lipinski definition) is 4. The van der Waals surface area contributed by atoms with E-state index in [1.165, 1.54) is 0 Å². The third kappa shape index (κ3) is 3.15. The Morgan fingerprint density at radius 3 is 2.23 bits per heavy atom. The molecule has 6 heteroatoms. The van der Waals surface area contributed by atoms with Crippen LogP contribution in [0.15, 0.2) is 65.6 Å². The minimum absolute atomic E-state index is 0.684. The molecule has 0 N–H and O–H groups in total. The summed E-state index contributed by atoms with van der Waals surface area (Å²) in [6.07, 6.45) is 1.88. The molecule has 0 fully saturated rings. The molecule has 0 radical (unpaired) electrons. The van der Waals surface area contributed by atoms with E-state index in [1.807, 2.05) is 55.5 Å². The fourth-order valence-corrected chi connectivity index (χ4v) is 5.00. The van der Waals surface area contributed by atoms with Crippen molar-refractivity contribution in [3.05, 3.63) is 71.8 Å². The molecule has 4 nitrogen and oxygen atoms in total. The first kappa shape index (κ1) is 15.4. The van der Waals surface area contributed by atoms with Gasteiger partial charge in [-0.25, -0.2) is 0 Å². The monoisotopic (exact) mass is 336 g/mol. The lowest BCUT2D eigenvalue weighted by atomic mass is 10.0. The third-order valence-corrected chi connectivity index (χ3v) is 5.89. The van der Waals surface area contributed by atoms with Gasteiger partial charge in [0, 0.05) is 0 Å². The molecule has 1 heterocycles. The van der Waals surface area contributed by atoms with Gasteiger partial charge in [-0.2, -0.15) is 14.0 Å². The Hall–Kier alpha value is -1.47. The summed E-state index contributed by atoms with van der Waals surface area (Å²) in [7, 11) is -5.79. The molecule has 1 aliphatic rings. The van der Waals surface area contributed by atoms with E-state index in [4.69, 9.17) is 3.74 Å². The number of fused-ring (bicyclic) bond motifs is 1. The fourth-order valence-electron chi connectivity index (χ4n) is 2.34. The minimum Gasteiger partial charge on any atom is -0.182 e. The van der Waals surface area contributed by atoms with Gasteiger partial charge < -0.3 is 0 Å². The molecular formula is C16H13ClO4S. The summed E-state index contributed by atoms with van der Waals surface area (Å²) < 4.78 is 38.3. The molecule has 2 aromatic rings. The van der Waals surface area contributed by atoms with Crippen LogP contribution in [0.5, 0.6) is 0 Å². The molecule has 3 rings (SSSR count). The lowest BCUT2D eigenvalue weighted by Gasteiger charge is -2.21. The first-order valence-electron chi connectivity index (χ1n) is 6.51. The summed E-state index contributed by atoms with van der Waals surface area (Å²) in [5.41, 5.74) is 2.73. The van der Waals surface area contributed by atoms with E-state index in [-0.39, 0.29) is 0 Å². The Morgan fingerprint density at radius 2 is 1.55 bits per heavy atom. The van der Waals surface area contributed by atoms with Crippen molar-refractivity contribution in [2.75, 3.05) is 0 Å². The van der Waals surface area contributed by atoms with Crippen molar-refractivity contribution in [3.63, 3.8) is 0 Å². The van der Waals surface area contributed by atoms with Gasteiger partial charge >= 0.3 is 0 Å². The fraction of sp³-hybridized carbons (Fsp3) is 0.0625. The maximum atomic E-state index is 11.1. The lowest BCUT2D eigenvalue weighted by Crippen LogP contribution is -2.60. The second-order valence-electron chi connectivity index (χ2n) is 4.76. The summed E-state index contributed by atoms with van der Waals surface area (Å²) in [5, 5.41) is 0. The highest BCUT2D eigenvalue weighted by Gasteiger charge is 2.30. The van der Waals surface area contributed by atoms with Crippen LogP contribution in [0.2, 0.25) is 0 Å². The highest BCUT2D eigenvalue weighted by molar-refractivity contribution is 8.12. The lowest BCUT2D eigenvalue weighted by molar-refractivity contribution is -1.91. The van der Waals surface area contributed by atoms with Crippen molar-refractivity contribution in [3.8, 4) is 0 Å². The Morgan fingerprint density at radius 1 is 0.909 bits per heavy atom. The van der Waals surface area contributed by atoms with Gasteiger partial charge in [-0.3, -0.25) is 0 Å². The van der Waals surface area contributed by atoms with Crippen molar-refractivity contribution in [1.29, 1.82) is 0 Å². The van der Waals surface area contributed by atoms with E-state index in [2.05, 4.69) is 0 Å². The number of benzene rings is 2. The van der Waals surface area contributed by atoms with Gasteiger partial charge in [0.1, 0.15) is 14.5 Å². The summed E-state index contributed by atoms with van der Waals surface area (Å²) in [6.45, 7) is 1.95. The molecule has 0 aliphatic carbocycles. The van der Waals surface area contributed by atoms with Gasteiger partial charge in [-0.15, -0.1) is 0 Å². The third-order valence-electron chi connectivity index (χ3n) is 3.26. The van der Waals surface area contributed by atoms with Gasteiger partial charge in [0.15, 0.2) is 0 Å².